The van der Waals surface area contributed by atoms with Crippen LogP contribution in [0.25, 0.3) is 0 Å². The molecule has 1 rings (SSSR count). The Kier molecular flexibility index (Phi) is 4.46. The van der Waals surface area contributed by atoms with Crippen LogP contribution in [0, 0.1) is 0 Å². The minimum atomic E-state index is -0.459. The quantitative estimate of drug-likeness (QED) is 0.814. The Morgan fingerprint density at radius 2 is 2.12 bits per heavy atom. The van der Waals surface area contributed by atoms with Gasteiger partial charge in [-0.15, -0.1) is 0 Å². The summed E-state index contributed by atoms with van der Waals surface area (Å²) in [5.74, 6) is -0.163. The SMILES string of the molecule is COC(C)C(=O)Nc1cccc(C(C)N)c1. The Bertz CT molecular complexity index is 364. The molecule has 2 atom stereocenters. The Morgan fingerprint density at radius 1 is 1.44 bits per heavy atom. The van der Waals surface area contributed by atoms with Crippen LogP contribution in [0.15, 0.2) is 24.3 Å². The monoisotopic (exact) mass is 222 g/mol. The van der Waals surface area contributed by atoms with Gasteiger partial charge in [0.05, 0.1) is 0 Å². The summed E-state index contributed by atoms with van der Waals surface area (Å²) < 4.78 is 4.93. The summed E-state index contributed by atoms with van der Waals surface area (Å²) in [7, 11) is 1.50. The number of methoxy groups -OCH3 is 1. The zero-order chi connectivity index (χ0) is 12.1. The molecule has 88 valence electrons. The maximum atomic E-state index is 11.6. The van der Waals surface area contributed by atoms with E-state index in [1.165, 1.54) is 7.11 Å². The number of rotatable bonds is 4. The molecule has 0 saturated heterocycles. The van der Waals surface area contributed by atoms with Gasteiger partial charge in [0.15, 0.2) is 0 Å². The van der Waals surface area contributed by atoms with Gasteiger partial charge in [0.25, 0.3) is 5.91 Å². The Morgan fingerprint density at radius 3 is 2.69 bits per heavy atom. The molecule has 4 heteroatoms. The first-order chi connectivity index (χ1) is 7.54. The van der Waals surface area contributed by atoms with Gasteiger partial charge in [-0.05, 0) is 31.5 Å². The van der Waals surface area contributed by atoms with Crippen LogP contribution in [-0.2, 0) is 9.53 Å². The smallest absolute Gasteiger partial charge is 0.253 e. The third-order valence-corrected chi connectivity index (χ3v) is 2.40. The minimum absolute atomic E-state index is 0.0447. The first kappa shape index (κ1) is 12.7. The molecule has 0 fully saturated rings. The predicted molar refractivity (Wildman–Crippen MR) is 64.1 cm³/mol. The average molecular weight is 222 g/mol. The average Bonchev–Trinajstić information content (AvgIpc) is 2.28. The van der Waals surface area contributed by atoms with Crippen molar-refractivity contribution >= 4 is 11.6 Å². The van der Waals surface area contributed by atoms with Gasteiger partial charge in [-0.3, -0.25) is 4.79 Å². The zero-order valence-corrected chi connectivity index (χ0v) is 9.86. The minimum Gasteiger partial charge on any atom is -0.372 e. The molecule has 4 nitrogen and oxygen atoms in total. The van der Waals surface area contributed by atoms with Crippen LogP contribution in [0.5, 0.6) is 0 Å². The maximum absolute atomic E-state index is 11.6. The van der Waals surface area contributed by atoms with Crippen LogP contribution in [0.1, 0.15) is 25.5 Å². The van der Waals surface area contributed by atoms with E-state index in [4.69, 9.17) is 10.5 Å². The molecular weight excluding hydrogens is 204 g/mol. The lowest BCUT2D eigenvalue weighted by Gasteiger charge is -2.12. The summed E-state index contributed by atoms with van der Waals surface area (Å²) in [6.07, 6.45) is -0.459. The van der Waals surface area contributed by atoms with E-state index < -0.39 is 6.10 Å². The van der Waals surface area contributed by atoms with Gasteiger partial charge in [0.1, 0.15) is 6.10 Å². The van der Waals surface area contributed by atoms with Crippen molar-refractivity contribution in [3.63, 3.8) is 0 Å². The first-order valence-electron chi connectivity index (χ1n) is 5.23. The van der Waals surface area contributed by atoms with E-state index in [9.17, 15) is 4.79 Å². The fourth-order valence-corrected chi connectivity index (χ4v) is 1.25. The molecule has 0 bridgehead atoms. The second kappa shape index (κ2) is 5.63. The highest BCUT2D eigenvalue weighted by molar-refractivity contribution is 5.93. The summed E-state index contributed by atoms with van der Waals surface area (Å²) in [5, 5.41) is 2.77. The third-order valence-electron chi connectivity index (χ3n) is 2.40. The maximum Gasteiger partial charge on any atom is 0.253 e. The van der Waals surface area contributed by atoms with Crippen molar-refractivity contribution in [2.45, 2.75) is 26.0 Å². The van der Waals surface area contributed by atoms with Gasteiger partial charge in [0, 0.05) is 18.8 Å². The van der Waals surface area contributed by atoms with Crippen molar-refractivity contribution < 1.29 is 9.53 Å². The Labute approximate surface area is 95.8 Å². The van der Waals surface area contributed by atoms with Crippen molar-refractivity contribution in [3.05, 3.63) is 29.8 Å². The largest absolute Gasteiger partial charge is 0.372 e. The lowest BCUT2D eigenvalue weighted by molar-refractivity contribution is -0.124. The number of amides is 1. The molecular formula is C12H18N2O2. The number of nitrogens with one attached hydrogen (secondary N) is 1. The highest BCUT2D eigenvalue weighted by atomic mass is 16.5. The van der Waals surface area contributed by atoms with E-state index in [1.54, 1.807) is 6.92 Å². The summed E-state index contributed by atoms with van der Waals surface area (Å²) in [4.78, 5) is 11.6. The number of hydrogen-bond donors (Lipinski definition) is 2. The van der Waals surface area contributed by atoms with Gasteiger partial charge in [-0.1, -0.05) is 12.1 Å². The van der Waals surface area contributed by atoms with Crippen LogP contribution in [0.3, 0.4) is 0 Å². The molecule has 2 unspecified atom stereocenters. The number of benzene rings is 1. The summed E-state index contributed by atoms with van der Waals surface area (Å²) in [5.41, 5.74) is 7.49. The summed E-state index contributed by atoms with van der Waals surface area (Å²) in [6, 6.07) is 7.44. The lowest BCUT2D eigenvalue weighted by atomic mass is 10.1. The standard InChI is InChI=1S/C12H18N2O2/c1-8(13)10-5-4-6-11(7-10)14-12(15)9(2)16-3/h4-9H,13H2,1-3H3,(H,14,15). The number of hydrogen-bond acceptors (Lipinski definition) is 3. The van der Waals surface area contributed by atoms with Crippen LogP contribution in [0.4, 0.5) is 5.69 Å². The first-order valence-corrected chi connectivity index (χ1v) is 5.23. The second-order valence-corrected chi connectivity index (χ2v) is 3.78. The van der Waals surface area contributed by atoms with Crippen molar-refractivity contribution in [3.8, 4) is 0 Å². The molecule has 0 aromatic heterocycles. The summed E-state index contributed by atoms with van der Waals surface area (Å²) in [6.45, 7) is 3.60. The van der Waals surface area contributed by atoms with E-state index in [1.807, 2.05) is 31.2 Å². The van der Waals surface area contributed by atoms with Gasteiger partial charge >= 0.3 is 0 Å². The van der Waals surface area contributed by atoms with Gasteiger partial charge in [-0.2, -0.15) is 0 Å². The second-order valence-electron chi connectivity index (χ2n) is 3.78. The number of ether oxygens (including phenoxy) is 1. The van der Waals surface area contributed by atoms with Crippen LogP contribution in [-0.4, -0.2) is 19.1 Å². The van der Waals surface area contributed by atoms with E-state index >= 15 is 0 Å². The topological polar surface area (TPSA) is 64.3 Å². The van der Waals surface area contributed by atoms with E-state index in [0.717, 1.165) is 11.3 Å². The molecule has 0 saturated carbocycles. The zero-order valence-electron chi connectivity index (χ0n) is 9.86. The molecule has 0 aliphatic rings. The van der Waals surface area contributed by atoms with Gasteiger partial charge < -0.3 is 15.8 Å². The van der Waals surface area contributed by atoms with Gasteiger partial charge in [0.2, 0.25) is 0 Å². The van der Waals surface area contributed by atoms with E-state index in [0.29, 0.717) is 0 Å². The Balaban J connectivity index is 2.74. The van der Waals surface area contributed by atoms with E-state index in [-0.39, 0.29) is 11.9 Å². The third kappa shape index (κ3) is 3.32. The molecule has 3 N–H and O–H groups in total. The summed E-state index contributed by atoms with van der Waals surface area (Å²) >= 11 is 0. The fraction of sp³-hybridized carbons (Fsp3) is 0.417. The van der Waals surface area contributed by atoms with Crippen LogP contribution < -0.4 is 11.1 Å². The molecule has 0 spiro atoms. The van der Waals surface area contributed by atoms with Crippen molar-refractivity contribution in [1.82, 2.24) is 0 Å². The highest BCUT2D eigenvalue weighted by Gasteiger charge is 2.11. The molecule has 0 heterocycles. The predicted octanol–water partition coefficient (Wildman–Crippen LogP) is 1.68. The number of anilines is 1. The molecule has 0 aliphatic heterocycles. The highest BCUT2D eigenvalue weighted by Crippen LogP contribution is 2.15. The normalized spacial score (nSPS) is 14.2. The van der Waals surface area contributed by atoms with Crippen LogP contribution in [0.2, 0.25) is 0 Å². The number of carbonyl (C=O) groups is 1. The van der Waals surface area contributed by atoms with Gasteiger partial charge in [-0.25, -0.2) is 0 Å². The number of carbonyl (C=O) groups excluding carboxylic acids is 1. The Hall–Kier alpha value is -1.39. The molecule has 0 aliphatic carbocycles. The fourth-order valence-electron chi connectivity index (χ4n) is 1.25. The van der Waals surface area contributed by atoms with Crippen molar-refractivity contribution in [1.29, 1.82) is 0 Å². The molecule has 1 amide bonds. The molecule has 1 aromatic carbocycles. The number of nitrogens with two attached hydrogens (primary N) is 1. The molecule has 0 radical (unpaired) electrons. The molecule has 16 heavy (non-hydrogen) atoms. The van der Waals surface area contributed by atoms with Crippen molar-refractivity contribution in [2.75, 3.05) is 12.4 Å². The van der Waals surface area contributed by atoms with E-state index in [2.05, 4.69) is 5.32 Å². The lowest BCUT2D eigenvalue weighted by Crippen LogP contribution is -2.26. The molecule has 1 aromatic rings. The van der Waals surface area contributed by atoms with Crippen molar-refractivity contribution in [2.24, 2.45) is 5.73 Å². The van der Waals surface area contributed by atoms with Crippen LogP contribution >= 0.6 is 0 Å².